The van der Waals surface area contributed by atoms with Crippen LogP contribution in [-0.4, -0.2) is 38.1 Å². The minimum atomic E-state index is -4.34. The first-order valence-electron chi connectivity index (χ1n) is 9.20. The van der Waals surface area contributed by atoms with Crippen LogP contribution in [0.5, 0.6) is 11.5 Å². The highest BCUT2D eigenvalue weighted by Gasteiger charge is 2.39. The molecule has 4 rings (SSSR count). The van der Waals surface area contributed by atoms with E-state index in [9.17, 15) is 17.2 Å². The molecule has 1 aliphatic rings. The zero-order chi connectivity index (χ0) is 21.5. The van der Waals surface area contributed by atoms with Crippen LogP contribution in [0.1, 0.15) is 17.3 Å². The third-order valence-corrected chi connectivity index (χ3v) is 7.08. The van der Waals surface area contributed by atoms with Gasteiger partial charge in [0.15, 0.2) is 11.5 Å². The van der Waals surface area contributed by atoms with E-state index in [1.54, 1.807) is 18.2 Å². The molecule has 0 fully saturated rings. The van der Waals surface area contributed by atoms with E-state index in [-0.39, 0.29) is 6.54 Å². The molecule has 1 unspecified atom stereocenters. The second kappa shape index (κ2) is 7.73. The van der Waals surface area contributed by atoms with Crippen molar-refractivity contribution >= 4 is 10.0 Å². The van der Waals surface area contributed by atoms with Gasteiger partial charge in [0.05, 0.1) is 20.3 Å². The van der Waals surface area contributed by atoms with Crippen LogP contribution in [0, 0.1) is 11.6 Å². The maximum absolute atomic E-state index is 14.4. The molecule has 1 aliphatic heterocycles. The Balaban J connectivity index is 1.88. The number of benzene rings is 2. The number of hydrogen-bond acceptors (Lipinski definition) is 4. The maximum atomic E-state index is 14.4. The highest BCUT2D eigenvalue weighted by atomic mass is 32.2. The Bertz CT molecular complexity index is 1190. The van der Waals surface area contributed by atoms with Crippen molar-refractivity contribution in [1.82, 2.24) is 8.87 Å². The van der Waals surface area contributed by atoms with Crippen molar-refractivity contribution in [2.75, 3.05) is 20.8 Å². The lowest BCUT2D eigenvalue weighted by Gasteiger charge is -2.36. The summed E-state index contributed by atoms with van der Waals surface area (Å²) < 4.78 is 68.7. The van der Waals surface area contributed by atoms with Crippen LogP contribution in [-0.2, 0) is 16.6 Å². The number of fused-ring (bicyclic) bond motifs is 1. The number of rotatable bonds is 5. The second-order valence-electron chi connectivity index (χ2n) is 6.83. The number of halogens is 2. The van der Waals surface area contributed by atoms with Gasteiger partial charge < -0.3 is 14.0 Å². The highest BCUT2D eigenvalue weighted by molar-refractivity contribution is 7.89. The van der Waals surface area contributed by atoms with Gasteiger partial charge in [-0.25, -0.2) is 17.2 Å². The quantitative estimate of drug-likeness (QED) is 0.616. The van der Waals surface area contributed by atoms with Crippen molar-refractivity contribution in [3.8, 4) is 11.5 Å². The van der Waals surface area contributed by atoms with Gasteiger partial charge in [0.1, 0.15) is 16.5 Å². The summed E-state index contributed by atoms with van der Waals surface area (Å²) in [5.74, 6) is -0.882. The highest BCUT2D eigenvalue weighted by Crippen LogP contribution is 2.40. The van der Waals surface area contributed by atoms with Crippen LogP contribution in [0.4, 0.5) is 8.78 Å². The SMILES string of the molecule is COc1ccc(C2c3cccn3CCN2S(=O)(=O)c2cc(F)ccc2F)cc1OC. The van der Waals surface area contributed by atoms with E-state index < -0.39 is 32.6 Å². The molecule has 2 aromatic carbocycles. The first-order valence-corrected chi connectivity index (χ1v) is 10.6. The molecular formula is C21H20F2N2O4S. The molecule has 9 heteroatoms. The fourth-order valence-electron chi connectivity index (χ4n) is 3.78. The fraction of sp³-hybridized carbons (Fsp3) is 0.238. The molecule has 0 spiro atoms. The average Bonchev–Trinajstić information content (AvgIpc) is 3.23. The molecule has 0 saturated heterocycles. The molecular weight excluding hydrogens is 414 g/mol. The van der Waals surface area contributed by atoms with Gasteiger partial charge in [0.2, 0.25) is 10.0 Å². The lowest BCUT2D eigenvalue weighted by Crippen LogP contribution is -2.42. The van der Waals surface area contributed by atoms with Crippen LogP contribution in [0.3, 0.4) is 0 Å². The summed E-state index contributed by atoms with van der Waals surface area (Å²) in [4.78, 5) is -0.687. The van der Waals surface area contributed by atoms with Gasteiger partial charge in [-0.15, -0.1) is 0 Å². The summed E-state index contributed by atoms with van der Waals surface area (Å²) in [7, 11) is -1.34. The van der Waals surface area contributed by atoms with Crippen molar-refractivity contribution in [2.24, 2.45) is 0 Å². The zero-order valence-corrected chi connectivity index (χ0v) is 17.2. The summed E-state index contributed by atoms with van der Waals surface area (Å²) in [5, 5.41) is 0. The second-order valence-corrected chi connectivity index (χ2v) is 8.69. The predicted molar refractivity (Wildman–Crippen MR) is 106 cm³/mol. The van der Waals surface area contributed by atoms with Gasteiger partial charge in [-0.3, -0.25) is 0 Å². The van der Waals surface area contributed by atoms with Gasteiger partial charge in [0, 0.05) is 25.0 Å². The minimum absolute atomic E-state index is 0.0962. The Morgan fingerprint density at radius 2 is 1.73 bits per heavy atom. The molecule has 3 aromatic rings. The summed E-state index contributed by atoms with van der Waals surface area (Å²) in [6, 6.07) is 10.4. The Kier molecular flexibility index (Phi) is 5.25. The molecule has 0 N–H and O–H groups in total. The number of methoxy groups -OCH3 is 2. The first kappa shape index (κ1) is 20.4. The lowest BCUT2D eigenvalue weighted by molar-refractivity contribution is 0.295. The van der Waals surface area contributed by atoms with E-state index in [1.807, 2.05) is 22.9 Å². The number of nitrogens with zero attached hydrogens (tertiary/aromatic N) is 2. The van der Waals surface area contributed by atoms with Crippen LogP contribution >= 0.6 is 0 Å². The molecule has 0 bridgehead atoms. The normalized spacial score (nSPS) is 16.9. The van der Waals surface area contributed by atoms with E-state index in [0.29, 0.717) is 35.4 Å². The third kappa shape index (κ3) is 3.33. The van der Waals surface area contributed by atoms with Gasteiger partial charge in [-0.1, -0.05) is 6.07 Å². The monoisotopic (exact) mass is 434 g/mol. The molecule has 158 valence electrons. The van der Waals surface area contributed by atoms with E-state index in [2.05, 4.69) is 0 Å². The Morgan fingerprint density at radius 3 is 2.47 bits per heavy atom. The lowest BCUT2D eigenvalue weighted by atomic mass is 10.0. The predicted octanol–water partition coefficient (Wildman–Crippen LogP) is 3.58. The number of aromatic nitrogens is 1. The van der Waals surface area contributed by atoms with Crippen LogP contribution in [0.25, 0.3) is 0 Å². The molecule has 6 nitrogen and oxygen atoms in total. The number of sulfonamides is 1. The molecule has 2 heterocycles. The summed E-state index contributed by atoms with van der Waals surface area (Å²) in [5.41, 5.74) is 1.33. The standard InChI is InChI=1S/C21H20F2N2O4S/c1-28-18-8-5-14(12-19(18)29-2)21-17-4-3-9-24(17)10-11-25(21)30(26,27)20-13-15(22)6-7-16(20)23/h3-9,12-13,21H,10-11H2,1-2H3. The Labute approximate surface area is 173 Å². The van der Waals surface area contributed by atoms with Gasteiger partial charge in [0.25, 0.3) is 0 Å². The third-order valence-electron chi connectivity index (χ3n) is 5.20. The number of hydrogen-bond donors (Lipinski definition) is 0. The smallest absolute Gasteiger partial charge is 0.247 e. The summed E-state index contributed by atoms with van der Waals surface area (Å²) >= 11 is 0. The molecule has 0 saturated carbocycles. The summed E-state index contributed by atoms with van der Waals surface area (Å²) in [6.45, 7) is 0.487. The molecule has 1 atom stereocenters. The van der Waals surface area contributed by atoms with E-state index in [1.165, 1.54) is 18.5 Å². The largest absolute Gasteiger partial charge is 0.493 e. The minimum Gasteiger partial charge on any atom is -0.493 e. The van der Waals surface area contributed by atoms with Crippen molar-refractivity contribution in [2.45, 2.75) is 17.5 Å². The molecule has 0 radical (unpaired) electrons. The van der Waals surface area contributed by atoms with Crippen molar-refractivity contribution in [3.63, 3.8) is 0 Å². The van der Waals surface area contributed by atoms with Crippen LogP contribution in [0.15, 0.2) is 59.6 Å². The van der Waals surface area contributed by atoms with Crippen molar-refractivity contribution in [1.29, 1.82) is 0 Å². The van der Waals surface area contributed by atoms with Crippen molar-refractivity contribution in [3.05, 3.63) is 77.6 Å². The molecule has 0 aliphatic carbocycles. The molecule has 30 heavy (non-hydrogen) atoms. The molecule has 0 amide bonds. The van der Waals surface area contributed by atoms with E-state index >= 15 is 0 Å². The average molecular weight is 434 g/mol. The summed E-state index contributed by atoms with van der Waals surface area (Å²) in [6.07, 6.45) is 1.86. The van der Waals surface area contributed by atoms with E-state index in [0.717, 1.165) is 12.1 Å². The maximum Gasteiger partial charge on any atom is 0.247 e. The van der Waals surface area contributed by atoms with Crippen LogP contribution < -0.4 is 9.47 Å². The topological polar surface area (TPSA) is 60.8 Å². The van der Waals surface area contributed by atoms with E-state index in [4.69, 9.17) is 9.47 Å². The van der Waals surface area contributed by atoms with Gasteiger partial charge in [-0.2, -0.15) is 4.31 Å². The number of ether oxygens (including phenoxy) is 2. The molecule has 1 aromatic heterocycles. The van der Waals surface area contributed by atoms with Gasteiger partial charge >= 0.3 is 0 Å². The van der Waals surface area contributed by atoms with Gasteiger partial charge in [-0.05, 0) is 48.0 Å². The first-order chi connectivity index (χ1) is 14.4. The Hall–Kier alpha value is -2.91. The Morgan fingerprint density at radius 1 is 0.967 bits per heavy atom. The zero-order valence-electron chi connectivity index (χ0n) is 16.4. The van der Waals surface area contributed by atoms with Crippen LogP contribution in [0.2, 0.25) is 0 Å². The fourth-order valence-corrected chi connectivity index (χ4v) is 5.44. The van der Waals surface area contributed by atoms with Crippen molar-refractivity contribution < 1.29 is 26.7 Å².